The fourth-order valence-electron chi connectivity index (χ4n) is 6.67. The predicted molar refractivity (Wildman–Crippen MR) is 186 cm³/mol. The zero-order valence-corrected chi connectivity index (χ0v) is 29.1. The number of aryl methyl sites for hydroxylation is 3. The third-order valence-electron chi connectivity index (χ3n) is 9.16. The SMILES string of the molecule is CCCCN(CCC)CCCC.CCCc1cc(C(CC)CC(C)CCc2cccc(C)c2CCC)cc2c1OCC2. The Morgan fingerprint density at radius 2 is 1.50 bits per heavy atom. The van der Waals surface area contributed by atoms with E-state index < -0.39 is 0 Å². The van der Waals surface area contributed by atoms with Crippen molar-refractivity contribution in [1.29, 1.82) is 0 Å². The maximum Gasteiger partial charge on any atom is 0.125 e. The Morgan fingerprint density at radius 3 is 2.12 bits per heavy atom. The molecular formula is C40H67NO. The highest BCUT2D eigenvalue weighted by Gasteiger charge is 2.21. The van der Waals surface area contributed by atoms with Crippen molar-refractivity contribution in [1.82, 2.24) is 4.90 Å². The first kappa shape index (κ1) is 36.4. The summed E-state index contributed by atoms with van der Waals surface area (Å²) in [6.45, 7) is 23.2. The lowest BCUT2D eigenvalue weighted by atomic mass is 9.83. The van der Waals surface area contributed by atoms with Crippen LogP contribution in [0.3, 0.4) is 0 Å². The van der Waals surface area contributed by atoms with Gasteiger partial charge in [0.2, 0.25) is 0 Å². The maximum atomic E-state index is 5.96. The second-order valence-electron chi connectivity index (χ2n) is 13.0. The lowest BCUT2D eigenvalue weighted by Crippen LogP contribution is -2.26. The van der Waals surface area contributed by atoms with Crippen molar-refractivity contribution < 1.29 is 4.74 Å². The highest BCUT2D eigenvalue weighted by Crippen LogP contribution is 2.37. The van der Waals surface area contributed by atoms with E-state index in [1.807, 2.05) is 0 Å². The van der Waals surface area contributed by atoms with Gasteiger partial charge in [-0.05, 0) is 130 Å². The second kappa shape index (κ2) is 21.0. The van der Waals surface area contributed by atoms with Gasteiger partial charge >= 0.3 is 0 Å². The summed E-state index contributed by atoms with van der Waals surface area (Å²) in [5, 5.41) is 0. The minimum absolute atomic E-state index is 0.661. The monoisotopic (exact) mass is 578 g/mol. The molecule has 0 saturated carbocycles. The van der Waals surface area contributed by atoms with E-state index >= 15 is 0 Å². The van der Waals surface area contributed by atoms with Gasteiger partial charge in [0.1, 0.15) is 5.75 Å². The molecule has 2 aromatic rings. The first-order valence-corrected chi connectivity index (χ1v) is 18.0. The van der Waals surface area contributed by atoms with Gasteiger partial charge in [-0.3, -0.25) is 0 Å². The van der Waals surface area contributed by atoms with E-state index in [9.17, 15) is 0 Å². The molecule has 2 nitrogen and oxygen atoms in total. The Labute approximate surface area is 262 Å². The molecule has 0 spiro atoms. The van der Waals surface area contributed by atoms with E-state index in [0.717, 1.165) is 25.4 Å². The van der Waals surface area contributed by atoms with Gasteiger partial charge in [0.15, 0.2) is 0 Å². The van der Waals surface area contributed by atoms with Gasteiger partial charge < -0.3 is 9.64 Å². The van der Waals surface area contributed by atoms with E-state index in [-0.39, 0.29) is 0 Å². The lowest BCUT2D eigenvalue weighted by Gasteiger charge is -2.22. The smallest absolute Gasteiger partial charge is 0.125 e. The van der Waals surface area contributed by atoms with E-state index in [2.05, 4.69) is 90.6 Å². The molecule has 42 heavy (non-hydrogen) atoms. The Morgan fingerprint density at radius 1 is 0.786 bits per heavy atom. The predicted octanol–water partition coefficient (Wildman–Crippen LogP) is 11.3. The van der Waals surface area contributed by atoms with Gasteiger partial charge in [-0.1, -0.05) is 104 Å². The molecule has 0 aliphatic carbocycles. The van der Waals surface area contributed by atoms with Crippen molar-refractivity contribution in [3.05, 3.63) is 63.7 Å². The van der Waals surface area contributed by atoms with Crippen molar-refractivity contribution in [2.75, 3.05) is 26.2 Å². The lowest BCUT2D eigenvalue weighted by molar-refractivity contribution is 0.266. The molecule has 0 radical (unpaired) electrons. The Bertz CT molecular complexity index is 987. The minimum Gasteiger partial charge on any atom is -0.493 e. The van der Waals surface area contributed by atoms with Crippen LogP contribution in [0.15, 0.2) is 30.3 Å². The van der Waals surface area contributed by atoms with Gasteiger partial charge in [-0.25, -0.2) is 0 Å². The molecule has 0 aromatic heterocycles. The largest absolute Gasteiger partial charge is 0.493 e. The van der Waals surface area contributed by atoms with Crippen LogP contribution < -0.4 is 4.74 Å². The number of rotatable bonds is 19. The number of fused-ring (bicyclic) bond motifs is 1. The van der Waals surface area contributed by atoms with Crippen LogP contribution >= 0.6 is 0 Å². The van der Waals surface area contributed by atoms with E-state index in [4.69, 9.17) is 4.74 Å². The summed E-state index contributed by atoms with van der Waals surface area (Å²) in [5.74, 6) is 2.60. The quantitative estimate of drug-likeness (QED) is 0.165. The number of nitrogens with zero attached hydrogens (tertiary/aromatic N) is 1. The summed E-state index contributed by atoms with van der Waals surface area (Å²) in [5.41, 5.74) is 9.10. The first-order valence-electron chi connectivity index (χ1n) is 18.0. The fraction of sp³-hybridized carbons (Fsp3) is 0.700. The summed E-state index contributed by atoms with van der Waals surface area (Å²) >= 11 is 0. The summed E-state index contributed by atoms with van der Waals surface area (Å²) in [6, 6.07) is 11.8. The molecule has 3 rings (SSSR count). The van der Waals surface area contributed by atoms with Crippen molar-refractivity contribution in [2.45, 2.75) is 151 Å². The normalized spacial score (nSPS) is 13.8. The third kappa shape index (κ3) is 12.1. The van der Waals surface area contributed by atoms with E-state index in [1.165, 1.54) is 119 Å². The summed E-state index contributed by atoms with van der Waals surface area (Å²) in [4.78, 5) is 2.60. The zero-order chi connectivity index (χ0) is 30.7. The molecule has 2 heteroatoms. The van der Waals surface area contributed by atoms with Crippen molar-refractivity contribution in [3.63, 3.8) is 0 Å². The number of hydrogen-bond acceptors (Lipinski definition) is 2. The van der Waals surface area contributed by atoms with Crippen LogP contribution in [0.25, 0.3) is 0 Å². The van der Waals surface area contributed by atoms with Gasteiger partial charge in [-0.2, -0.15) is 0 Å². The molecule has 0 amide bonds. The average molecular weight is 578 g/mol. The highest BCUT2D eigenvalue weighted by atomic mass is 16.5. The molecule has 238 valence electrons. The van der Waals surface area contributed by atoms with Gasteiger partial charge in [-0.15, -0.1) is 0 Å². The van der Waals surface area contributed by atoms with Gasteiger partial charge in [0.05, 0.1) is 6.61 Å². The van der Waals surface area contributed by atoms with Crippen molar-refractivity contribution in [2.24, 2.45) is 5.92 Å². The molecule has 1 aliphatic rings. The summed E-state index contributed by atoms with van der Waals surface area (Å²) in [6.07, 6.45) is 17.5. The Hall–Kier alpha value is -1.80. The number of hydrogen-bond donors (Lipinski definition) is 0. The molecule has 0 fully saturated rings. The molecule has 0 saturated heterocycles. The van der Waals surface area contributed by atoms with Crippen LogP contribution in [0.4, 0.5) is 0 Å². The number of benzene rings is 2. The molecule has 2 unspecified atom stereocenters. The van der Waals surface area contributed by atoms with Gasteiger partial charge in [0.25, 0.3) is 0 Å². The fourth-order valence-corrected chi connectivity index (χ4v) is 6.67. The molecule has 2 atom stereocenters. The van der Waals surface area contributed by atoms with Crippen LogP contribution in [0.2, 0.25) is 0 Å². The Kier molecular flexibility index (Phi) is 18.2. The second-order valence-corrected chi connectivity index (χ2v) is 13.0. The van der Waals surface area contributed by atoms with Crippen LogP contribution in [0.1, 0.15) is 152 Å². The number of unbranched alkanes of at least 4 members (excludes halogenated alkanes) is 2. The highest BCUT2D eigenvalue weighted by molar-refractivity contribution is 5.48. The maximum absolute atomic E-state index is 5.96. The van der Waals surface area contributed by atoms with Gasteiger partial charge in [0, 0.05) is 6.42 Å². The van der Waals surface area contributed by atoms with E-state index in [0.29, 0.717) is 5.92 Å². The van der Waals surface area contributed by atoms with Crippen molar-refractivity contribution >= 4 is 0 Å². The van der Waals surface area contributed by atoms with E-state index in [1.54, 1.807) is 16.7 Å². The molecule has 0 bridgehead atoms. The van der Waals surface area contributed by atoms with Crippen LogP contribution in [-0.2, 0) is 25.7 Å². The standard InChI is InChI=1S/C29H42O.C11H25N/c1-6-10-25-19-27(20-26-16-17-30-29(25)26)23(8-3)18-21(4)14-15-24-13-9-12-22(5)28(24)11-7-2;1-4-7-10-12(9-6-3)11-8-5-2/h9,12-13,19-21,23H,6-8,10-11,14-18H2,1-5H3;4-11H2,1-3H3. The molecule has 1 aliphatic heterocycles. The first-order chi connectivity index (χ1) is 20.4. The third-order valence-corrected chi connectivity index (χ3v) is 9.16. The zero-order valence-electron chi connectivity index (χ0n) is 29.1. The average Bonchev–Trinajstić information content (AvgIpc) is 3.47. The molecule has 1 heterocycles. The molecule has 0 N–H and O–H groups in total. The van der Waals surface area contributed by atoms with Crippen LogP contribution in [0.5, 0.6) is 5.75 Å². The summed E-state index contributed by atoms with van der Waals surface area (Å²) < 4.78 is 5.96. The van der Waals surface area contributed by atoms with Crippen LogP contribution in [-0.4, -0.2) is 31.1 Å². The molecular weight excluding hydrogens is 510 g/mol. The number of ether oxygens (including phenoxy) is 1. The Balaban J connectivity index is 0.000000435. The van der Waals surface area contributed by atoms with Crippen molar-refractivity contribution in [3.8, 4) is 5.75 Å². The minimum atomic E-state index is 0.661. The van der Waals surface area contributed by atoms with Crippen LogP contribution in [0, 0.1) is 12.8 Å². The summed E-state index contributed by atoms with van der Waals surface area (Å²) in [7, 11) is 0. The topological polar surface area (TPSA) is 12.5 Å². The molecule has 2 aromatic carbocycles.